The zero-order chi connectivity index (χ0) is 19.9. The monoisotopic (exact) mass is 376 g/mol. The van der Waals surface area contributed by atoms with Crippen LogP contribution in [0.1, 0.15) is 22.8 Å². The van der Waals surface area contributed by atoms with E-state index in [9.17, 15) is 9.59 Å². The Morgan fingerprint density at radius 3 is 2.50 bits per heavy atom. The van der Waals surface area contributed by atoms with Gasteiger partial charge in [0.15, 0.2) is 17.4 Å². The Labute approximate surface area is 162 Å². The molecule has 1 amide bonds. The first-order valence-corrected chi connectivity index (χ1v) is 8.60. The van der Waals surface area contributed by atoms with E-state index in [1.165, 1.54) is 13.3 Å². The zero-order valence-electron chi connectivity index (χ0n) is 15.3. The fraction of sp³-hybridized carbons (Fsp3) is 0.100. The second-order valence-electron chi connectivity index (χ2n) is 6.08. The third-order valence-electron chi connectivity index (χ3n) is 3.94. The van der Waals surface area contributed by atoms with Crippen molar-refractivity contribution in [1.82, 2.24) is 15.4 Å². The fourth-order valence-electron chi connectivity index (χ4n) is 2.50. The van der Waals surface area contributed by atoms with Crippen LogP contribution in [0.25, 0.3) is 0 Å². The van der Waals surface area contributed by atoms with Gasteiger partial charge in [-0.2, -0.15) is 0 Å². The molecular formula is C20H20N6O2. The number of hydrogen-bond acceptors (Lipinski definition) is 7. The predicted octanol–water partition coefficient (Wildman–Crippen LogP) is 2.69. The Bertz CT molecular complexity index is 991. The molecule has 0 aliphatic rings. The maximum atomic E-state index is 12.1. The highest BCUT2D eigenvalue weighted by Crippen LogP contribution is 2.25. The molecule has 0 spiro atoms. The van der Waals surface area contributed by atoms with Gasteiger partial charge < -0.3 is 11.1 Å². The number of nitrogens with zero attached hydrogens (tertiary/aromatic N) is 2. The normalized spacial score (nSPS) is 10.2. The highest BCUT2D eigenvalue weighted by Gasteiger charge is 2.10. The lowest BCUT2D eigenvalue weighted by molar-refractivity contribution is -0.119. The molecule has 142 valence electrons. The van der Waals surface area contributed by atoms with Crippen LogP contribution >= 0.6 is 0 Å². The number of rotatable bonds is 7. The van der Waals surface area contributed by atoms with Crippen LogP contribution in [0.2, 0.25) is 0 Å². The van der Waals surface area contributed by atoms with E-state index < -0.39 is 0 Å². The Morgan fingerprint density at radius 2 is 1.75 bits per heavy atom. The van der Waals surface area contributed by atoms with Crippen molar-refractivity contribution >= 4 is 34.7 Å². The number of anilines is 4. The van der Waals surface area contributed by atoms with Crippen LogP contribution in [0.4, 0.5) is 23.0 Å². The van der Waals surface area contributed by atoms with Gasteiger partial charge in [-0.1, -0.05) is 42.5 Å². The molecule has 0 radical (unpaired) electrons. The summed E-state index contributed by atoms with van der Waals surface area (Å²) < 4.78 is 0. The Balaban J connectivity index is 1.66. The Morgan fingerprint density at radius 1 is 1.00 bits per heavy atom. The van der Waals surface area contributed by atoms with Crippen molar-refractivity contribution in [3.63, 3.8) is 0 Å². The minimum Gasteiger partial charge on any atom is -0.393 e. The number of benzene rings is 2. The smallest absolute Gasteiger partial charge is 0.242 e. The highest BCUT2D eigenvalue weighted by molar-refractivity contribution is 5.95. The lowest BCUT2D eigenvalue weighted by Crippen LogP contribution is -2.31. The van der Waals surface area contributed by atoms with Gasteiger partial charge in [0.25, 0.3) is 0 Å². The molecule has 3 aromatic rings. The van der Waals surface area contributed by atoms with Crippen LogP contribution in [-0.4, -0.2) is 21.7 Å². The number of hydrogen-bond donors (Lipinski definition) is 4. The van der Waals surface area contributed by atoms with Gasteiger partial charge in [-0.05, 0) is 24.6 Å². The first kappa shape index (κ1) is 18.8. The summed E-state index contributed by atoms with van der Waals surface area (Å²) in [6.07, 6.45) is 1.54. The van der Waals surface area contributed by atoms with Crippen LogP contribution in [0.5, 0.6) is 0 Å². The molecule has 0 aliphatic heterocycles. The molecule has 5 N–H and O–H groups in total. The van der Waals surface area contributed by atoms with Crippen LogP contribution < -0.4 is 21.9 Å². The summed E-state index contributed by atoms with van der Waals surface area (Å²) in [5.41, 5.74) is 13.8. The fourth-order valence-corrected chi connectivity index (χ4v) is 2.50. The third-order valence-corrected chi connectivity index (χ3v) is 3.94. The van der Waals surface area contributed by atoms with E-state index >= 15 is 0 Å². The van der Waals surface area contributed by atoms with E-state index in [0.717, 1.165) is 5.56 Å². The molecule has 8 heteroatoms. The van der Waals surface area contributed by atoms with Gasteiger partial charge in [-0.15, -0.1) is 0 Å². The quantitative estimate of drug-likeness (QED) is 0.369. The lowest BCUT2D eigenvalue weighted by atomic mass is 10.1. The first-order valence-electron chi connectivity index (χ1n) is 8.60. The zero-order valence-corrected chi connectivity index (χ0v) is 15.3. The molecule has 0 unspecified atom stereocenters. The van der Waals surface area contributed by atoms with E-state index in [-0.39, 0.29) is 29.6 Å². The summed E-state index contributed by atoms with van der Waals surface area (Å²) in [6, 6.07) is 16.4. The van der Waals surface area contributed by atoms with Crippen LogP contribution in [-0.2, 0) is 11.2 Å². The van der Waals surface area contributed by atoms with E-state index in [2.05, 4.69) is 26.1 Å². The van der Waals surface area contributed by atoms with Crippen molar-refractivity contribution in [2.24, 2.45) is 0 Å². The van der Waals surface area contributed by atoms with Gasteiger partial charge in [0.05, 0.1) is 6.42 Å². The highest BCUT2D eigenvalue weighted by atomic mass is 16.2. The molecule has 28 heavy (non-hydrogen) atoms. The number of aromatic nitrogens is 2. The maximum Gasteiger partial charge on any atom is 0.242 e. The number of carbonyl (C=O) groups excluding carboxylic acids is 2. The van der Waals surface area contributed by atoms with Crippen molar-refractivity contribution in [2.45, 2.75) is 13.3 Å². The summed E-state index contributed by atoms with van der Waals surface area (Å²) in [6.45, 7) is 1.50. The van der Waals surface area contributed by atoms with Crippen LogP contribution in [0.3, 0.4) is 0 Å². The predicted molar refractivity (Wildman–Crippen MR) is 108 cm³/mol. The second kappa shape index (κ2) is 8.63. The SMILES string of the molecule is CC(=O)c1cccc(Nc2ncnc(NNC(=O)Cc3ccccc3)c2N)c1. The minimum atomic E-state index is -0.229. The van der Waals surface area contributed by atoms with E-state index in [1.807, 2.05) is 30.3 Å². The van der Waals surface area contributed by atoms with Gasteiger partial charge >= 0.3 is 0 Å². The van der Waals surface area contributed by atoms with Gasteiger partial charge in [-0.3, -0.25) is 20.4 Å². The number of hydrazine groups is 1. The minimum absolute atomic E-state index is 0.0391. The molecule has 3 rings (SSSR count). The summed E-state index contributed by atoms with van der Waals surface area (Å²) in [4.78, 5) is 31.8. The van der Waals surface area contributed by atoms with E-state index in [1.54, 1.807) is 24.3 Å². The van der Waals surface area contributed by atoms with Crippen molar-refractivity contribution < 1.29 is 9.59 Å². The van der Waals surface area contributed by atoms with Gasteiger partial charge in [0.2, 0.25) is 5.91 Å². The molecule has 8 nitrogen and oxygen atoms in total. The summed E-state index contributed by atoms with van der Waals surface area (Å²) in [5.74, 6) is 0.354. The largest absolute Gasteiger partial charge is 0.393 e. The Hall–Kier alpha value is -3.94. The average molecular weight is 376 g/mol. The number of carbonyl (C=O) groups is 2. The molecule has 2 aromatic carbocycles. The van der Waals surface area contributed by atoms with Crippen molar-refractivity contribution in [3.05, 3.63) is 72.1 Å². The standard InChI is InChI=1S/C20H20N6O2/c1-13(27)15-8-5-9-16(11-15)24-19-18(21)20(23-12-22-19)26-25-17(28)10-14-6-3-2-4-7-14/h2-9,11-12H,10,21H2,1H3,(H,25,28)(H2,22,23,24,26). The van der Waals surface area contributed by atoms with E-state index in [4.69, 9.17) is 5.73 Å². The topological polar surface area (TPSA) is 122 Å². The molecule has 0 fully saturated rings. The second-order valence-corrected chi connectivity index (χ2v) is 6.08. The number of nitrogens with one attached hydrogen (secondary N) is 3. The molecule has 0 saturated heterocycles. The number of Topliss-reactive ketones (excluding diaryl/α,β-unsaturated/α-hetero) is 1. The van der Waals surface area contributed by atoms with Crippen LogP contribution in [0, 0.1) is 0 Å². The molecule has 0 aliphatic carbocycles. The van der Waals surface area contributed by atoms with Gasteiger partial charge in [0.1, 0.15) is 12.0 Å². The molecule has 1 aromatic heterocycles. The summed E-state index contributed by atoms with van der Waals surface area (Å²) in [7, 11) is 0. The molecule has 0 bridgehead atoms. The van der Waals surface area contributed by atoms with Crippen molar-refractivity contribution in [2.75, 3.05) is 16.5 Å². The molecule has 1 heterocycles. The number of nitrogen functional groups attached to an aromatic ring is 1. The van der Waals surface area contributed by atoms with Crippen molar-refractivity contribution in [1.29, 1.82) is 0 Å². The number of nitrogens with two attached hydrogens (primary N) is 1. The van der Waals surface area contributed by atoms with E-state index in [0.29, 0.717) is 17.1 Å². The molecular weight excluding hydrogens is 356 g/mol. The van der Waals surface area contributed by atoms with Gasteiger partial charge in [-0.25, -0.2) is 9.97 Å². The first-order chi connectivity index (χ1) is 13.5. The average Bonchev–Trinajstić information content (AvgIpc) is 2.69. The molecule has 0 saturated carbocycles. The number of amides is 1. The number of ketones is 1. The van der Waals surface area contributed by atoms with Crippen LogP contribution in [0.15, 0.2) is 60.9 Å². The summed E-state index contributed by atoms with van der Waals surface area (Å²) in [5, 5.41) is 3.05. The third kappa shape index (κ3) is 4.82. The molecule has 0 atom stereocenters. The maximum absolute atomic E-state index is 12.1. The summed E-state index contributed by atoms with van der Waals surface area (Å²) >= 11 is 0. The lowest BCUT2D eigenvalue weighted by Gasteiger charge is -2.13. The van der Waals surface area contributed by atoms with Crippen molar-refractivity contribution in [3.8, 4) is 0 Å². The van der Waals surface area contributed by atoms with Gasteiger partial charge in [0, 0.05) is 11.3 Å². The Kier molecular flexibility index (Phi) is 5.81.